The molecular weight excluding hydrogens is 244 g/mol. The van der Waals surface area contributed by atoms with Crippen LogP contribution in [-0.2, 0) is 9.53 Å². The first-order valence-electron chi connectivity index (χ1n) is 4.92. The maximum Gasteiger partial charge on any atom is 0.312 e. The van der Waals surface area contributed by atoms with E-state index in [0.29, 0.717) is 5.75 Å². The highest BCUT2D eigenvalue weighted by Crippen LogP contribution is 2.29. The molecule has 0 atom stereocenters. The van der Waals surface area contributed by atoms with E-state index in [2.05, 4.69) is 0 Å². The fraction of sp³-hybridized carbons (Fsp3) is 0.417. The summed E-state index contributed by atoms with van der Waals surface area (Å²) in [6, 6.07) is 7.57. The molecule has 0 saturated carbocycles. The van der Waals surface area contributed by atoms with E-state index in [0.717, 1.165) is 9.92 Å². The SMILES string of the molecule is COC(=O)C(C)(C)CSc1ccc(Cl)cc1. The van der Waals surface area contributed by atoms with Crippen LogP contribution in [0.25, 0.3) is 0 Å². The van der Waals surface area contributed by atoms with Crippen LogP contribution in [-0.4, -0.2) is 18.8 Å². The Morgan fingerprint density at radius 1 is 1.38 bits per heavy atom. The molecule has 0 aliphatic rings. The Labute approximate surface area is 105 Å². The topological polar surface area (TPSA) is 26.3 Å². The van der Waals surface area contributed by atoms with Crippen molar-refractivity contribution in [1.82, 2.24) is 0 Å². The van der Waals surface area contributed by atoms with Crippen molar-refractivity contribution < 1.29 is 9.53 Å². The van der Waals surface area contributed by atoms with Gasteiger partial charge in [0.05, 0.1) is 12.5 Å². The van der Waals surface area contributed by atoms with Crippen LogP contribution in [0.1, 0.15) is 13.8 Å². The average Bonchev–Trinajstić information content (AvgIpc) is 2.27. The third-order valence-corrected chi connectivity index (χ3v) is 3.87. The molecule has 88 valence electrons. The first-order chi connectivity index (χ1) is 7.45. The van der Waals surface area contributed by atoms with E-state index in [1.807, 2.05) is 38.1 Å². The number of hydrogen-bond acceptors (Lipinski definition) is 3. The van der Waals surface area contributed by atoms with E-state index in [1.165, 1.54) is 7.11 Å². The Morgan fingerprint density at radius 2 is 1.94 bits per heavy atom. The van der Waals surface area contributed by atoms with Crippen molar-refractivity contribution in [2.45, 2.75) is 18.7 Å². The zero-order valence-corrected chi connectivity index (χ0v) is 11.2. The molecular formula is C12H15ClO2S. The number of methoxy groups -OCH3 is 1. The maximum atomic E-state index is 11.5. The molecule has 0 amide bonds. The highest BCUT2D eigenvalue weighted by atomic mass is 35.5. The van der Waals surface area contributed by atoms with E-state index >= 15 is 0 Å². The van der Waals surface area contributed by atoms with Crippen molar-refractivity contribution in [3.05, 3.63) is 29.3 Å². The number of thioether (sulfide) groups is 1. The largest absolute Gasteiger partial charge is 0.469 e. The van der Waals surface area contributed by atoms with Gasteiger partial charge in [-0.15, -0.1) is 11.8 Å². The van der Waals surface area contributed by atoms with Crippen LogP contribution in [0.15, 0.2) is 29.2 Å². The minimum atomic E-state index is -0.473. The molecule has 0 fully saturated rings. The fourth-order valence-electron chi connectivity index (χ4n) is 1.13. The Balaban J connectivity index is 2.57. The molecule has 1 rings (SSSR count). The van der Waals surface area contributed by atoms with Gasteiger partial charge in [0, 0.05) is 15.7 Å². The lowest BCUT2D eigenvalue weighted by atomic mass is 9.97. The van der Waals surface area contributed by atoms with Gasteiger partial charge >= 0.3 is 5.97 Å². The van der Waals surface area contributed by atoms with Gasteiger partial charge in [-0.05, 0) is 38.1 Å². The lowest BCUT2D eigenvalue weighted by molar-refractivity contribution is -0.149. The van der Waals surface area contributed by atoms with E-state index in [-0.39, 0.29) is 5.97 Å². The summed E-state index contributed by atoms with van der Waals surface area (Å²) in [4.78, 5) is 12.6. The van der Waals surface area contributed by atoms with Gasteiger partial charge in [0.2, 0.25) is 0 Å². The van der Waals surface area contributed by atoms with Crippen LogP contribution in [0.5, 0.6) is 0 Å². The van der Waals surface area contributed by atoms with Crippen molar-refractivity contribution in [3.8, 4) is 0 Å². The van der Waals surface area contributed by atoms with Crippen LogP contribution >= 0.6 is 23.4 Å². The maximum absolute atomic E-state index is 11.5. The van der Waals surface area contributed by atoms with Crippen molar-refractivity contribution in [2.75, 3.05) is 12.9 Å². The number of carbonyl (C=O) groups excluding carboxylic acids is 1. The Morgan fingerprint density at radius 3 is 2.44 bits per heavy atom. The predicted octanol–water partition coefficient (Wildman–Crippen LogP) is 3.63. The first kappa shape index (κ1) is 13.4. The van der Waals surface area contributed by atoms with E-state index in [4.69, 9.17) is 16.3 Å². The monoisotopic (exact) mass is 258 g/mol. The van der Waals surface area contributed by atoms with E-state index < -0.39 is 5.41 Å². The normalized spacial score (nSPS) is 11.2. The van der Waals surface area contributed by atoms with Crippen LogP contribution in [0.4, 0.5) is 0 Å². The second kappa shape index (κ2) is 5.60. The number of carbonyl (C=O) groups is 1. The summed E-state index contributed by atoms with van der Waals surface area (Å²) >= 11 is 7.41. The molecule has 2 nitrogen and oxygen atoms in total. The summed E-state index contributed by atoms with van der Waals surface area (Å²) in [7, 11) is 1.41. The van der Waals surface area contributed by atoms with Crippen molar-refractivity contribution in [2.24, 2.45) is 5.41 Å². The number of hydrogen-bond donors (Lipinski definition) is 0. The minimum absolute atomic E-state index is 0.186. The second-order valence-corrected chi connectivity index (χ2v) is 5.60. The Bertz CT molecular complexity index is 360. The number of esters is 1. The van der Waals surface area contributed by atoms with Gasteiger partial charge in [-0.3, -0.25) is 4.79 Å². The molecule has 0 unspecified atom stereocenters. The Kier molecular flexibility index (Phi) is 4.69. The lowest BCUT2D eigenvalue weighted by Crippen LogP contribution is -2.28. The summed E-state index contributed by atoms with van der Waals surface area (Å²) in [6.07, 6.45) is 0. The van der Waals surface area contributed by atoms with Crippen molar-refractivity contribution >= 4 is 29.3 Å². The summed E-state index contributed by atoms with van der Waals surface area (Å²) < 4.78 is 4.75. The summed E-state index contributed by atoms with van der Waals surface area (Å²) in [5.41, 5.74) is -0.473. The first-order valence-corrected chi connectivity index (χ1v) is 6.29. The molecule has 16 heavy (non-hydrogen) atoms. The molecule has 0 aliphatic heterocycles. The number of ether oxygens (including phenoxy) is 1. The zero-order chi connectivity index (χ0) is 12.2. The van der Waals surface area contributed by atoms with Crippen molar-refractivity contribution in [1.29, 1.82) is 0 Å². The molecule has 1 aromatic rings. The Hall–Kier alpha value is -0.670. The highest BCUT2D eigenvalue weighted by Gasteiger charge is 2.28. The number of halogens is 1. The predicted molar refractivity (Wildman–Crippen MR) is 68.0 cm³/mol. The van der Waals surface area contributed by atoms with Crippen molar-refractivity contribution in [3.63, 3.8) is 0 Å². The highest BCUT2D eigenvalue weighted by molar-refractivity contribution is 7.99. The quantitative estimate of drug-likeness (QED) is 0.609. The number of rotatable bonds is 4. The zero-order valence-electron chi connectivity index (χ0n) is 9.62. The molecule has 0 spiro atoms. The van der Waals surface area contributed by atoms with Crippen LogP contribution in [0.2, 0.25) is 5.02 Å². The molecule has 0 saturated heterocycles. The molecule has 0 N–H and O–H groups in total. The minimum Gasteiger partial charge on any atom is -0.469 e. The molecule has 0 aromatic heterocycles. The molecule has 4 heteroatoms. The van der Waals surface area contributed by atoms with E-state index in [9.17, 15) is 4.79 Å². The third-order valence-electron chi connectivity index (χ3n) is 2.15. The van der Waals surface area contributed by atoms with Gasteiger partial charge in [0.25, 0.3) is 0 Å². The number of benzene rings is 1. The summed E-state index contributed by atoms with van der Waals surface area (Å²) in [6.45, 7) is 3.75. The van der Waals surface area contributed by atoms with Gasteiger partial charge in [0.15, 0.2) is 0 Å². The molecule has 0 aliphatic carbocycles. The molecule has 0 heterocycles. The van der Waals surface area contributed by atoms with Gasteiger partial charge in [0.1, 0.15) is 0 Å². The lowest BCUT2D eigenvalue weighted by Gasteiger charge is -2.20. The van der Waals surface area contributed by atoms with Crippen LogP contribution in [0.3, 0.4) is 0 Å². The second-order valence-electron chi connectivity index (χ2n) is 4.12. The van der Waals surface area contributed by atoms with Crippen LogP contribution < -0.4 is 0 Å². The van der Waals surface area contributed by atoms with Gasteiger partial charge in [-0.1, -0.05) is 11.6 Å². The standard InChI is InChI=1S/C12H15ClO2S/c1-12(2,11(14)15-3)8-16-10-6-4-9(13)5-7-10/h4-7H,8H2,1-3H3. The third kappa shape index (κ3) is 3.72. The smallest absolute Gasteiger partial charge is 0.312 e. The van der Waals surface area contributed by atoms with Gasteiger partial charge in [-0.2, -0.15) is 0 Å². The van der Waals surface area contributed by atoms with Gasteiger partial charge < -0.3 is 4.74 Å². The summed E-state index contributed by atoms with van der Waals surface area (Å²) in [5, 5.41) is 0.719. The molecule has 0 radical (unpaired) electrons. The van der Waals surface area contributed by atoms with Gasteiger partial charge in [-0.25, -0.2) is 0 Å². The molecule has 0 bridgehead atoms. The summed E-state index contributed by atoms with van der Waals surface area (Å²) in [5.74, 6) is 0.496. The van der Waals surface area contributed by atoms with Crippen LogP contribution in [0, 0.1) is 5.41 Å². The molecule has 1 aromatic carbocycles. The van der Waals surface area contributed by atoms with E-state index in [1.54, 1.807) is 11.8 Å². The average molecular weight is 259 g/mol. The fourth-order valence-corrected chi connectivity index (χ4v) is 2.23.